The zero-order chi connectivity index (χ0) is 13.8. The second-order valence-electron chi connectivity index (χ2n) is 5.00. The van der Waals surface area contributed by atoms with E-state index in [1.807, 2.05) is 0 Å². The number of nitrogens with zero attached hydrogens (tertiary/aromatic N) is 1. The van der Waals surface area contributed by atoms with Gasteiger partial charge >= 0.3 is 0 Å². The molecule has 1 aliphatic heterocycles. The summed E-state index contributed by atoms with van der Waals surface area (Å²) in [5.74, 6) is -0.575. The Bertz CT molecular complexity index is 456. The van der Waals surface area contributed by atoms with Crippen molar-refractivity contribution in [1.29, 1.82) is 0 Å². The molecule has 5 heteroatoms. The lowest BCUT2D eigenvalue weighted by molar-refractivity contribution is 0.0937. The van der Waals surface area contributed by atoms with Crippen molar-refractivity contribution in [2.75, 3.05) is 19.6 Å². The van der Waals surface area contributed by atoms with Gasteiger partial charge in [0.05, 0.1) is 5.56 Å². The smallest absolute Gasteiger partial charge is 0.255 e. The predicted molar refractivity (Wildman–Crippen MR) is 72.4 cm³/mol. The van der Waals surface area contributed by atoms with Gasteiger partial charge in [-0.05, 0) is 45.0 Å². The summed E-state index contributed by atoms with van der Waals surface area (Å²) in [5, 5.41) is 21.6. The monoisotopic (exact) mass is 264 g/mol. The Morgan fingerprint density at radius 3 is 2.68 bits per heavy atom. The largest absolute Gasteiger partial charge is 0.508 e. The van der Waals surface area contributed by atoms with Crippen LogP contribution < -0.4 is 5.32 Å². The van der Waals surface area contributed by atoms with Gasteiger partial charge in [-0.25, -0.2) is 0 Å². The van der Waals surface area contributed by atoms with Crippen LogP contribution in [-0.4, -0.2) is 46.7 Å². The number of nitrogens with one attached hydrogen (secondary N) is 1. The third-order valence-electron chi connectivity index (χ3n) is 3.55. The quantitative estimate of drug-likeness (QED) is 0.766. The summed E-state index contributed by atoms with van der Waals surface area (Å²) in [5.41, 5.74) is 0.187. The molecule has 104 valence electrons. The van der Waals surface area contributed by atoms with Crippen LogP contribution >= 0.6 is 0 Å². The highest BCUT2D eigenvalue weighted by Crippen LogP contribution is 2.22. The maximum absolute atomic E-state index is 11.9. The first-order valence-corrected chi connectivity index (χ1v) is 6.62. The number of benzene rings is 1. The van der Waals surface area contributed by atoms with Gasteiger partial charge in [0.25, 0.3) is 5.91 Å². The average molecular weight is 264 g/mol. The summed E-state index contributed by atoms with van der Waals surface area (Å²) in [4.78, 5) is 14.3. The third kappa shape index (κ3) is 3.38. The molecule has 0 spiro atoms. The zero-order valence-corrected chi connectivity index (χ0v) is 11.1. The Balaban J connectivity index is 1.90. The first-order valence-electron chi connectivity index (χ1n) is 6.62. The van der Waals surface area contributed by atoms with E-state index in [1.54, 1.807) is 0 Å². The minimum atomic E-state index is -0.316. The topological polar surface area (TPSA) is 72.8 Å². The van der Waals surface area contributed by atoms with Crippen molar-refractivity contribution in [3.8, 4) is 11.5 Å². The van der Waals surface area contributed by atoms with Crippen molar-refractivity contribution in [2.45, 2.75) is 25.8 Å². The van der Waals surface area contributed by atoms with Crippen LogP contribution in [0, 0.1) is 0 Å². The van der Waals surface area contributed by atoms with E-state index in [0.717, 1.165) is 13.1 Å². The molecule has 1 fully saturated rings. The van der Waals surface area contributed by atoms with Gasteiger partial charge < -0.3 is 15.5 Å². The van der Waals surface area contributed by atoms with Crippen molar-refractivity contribution in [1.82, 2.24) is 10.2 Å². The number of likely N-dealkylation sites (tertiary alicyclic amines) is 1. The zero-order valence-electron chi connectivity index (χ0n) is 11.1. The Hall–Kier alpha value is -1.75. The van der Waals surface area contributed by atoms with E-state index in [-0.39, 0.29) is 23.0 Å². The fraction of sp³-hybridized carbons (Fsp3) is 0.500. The van der Waals surface area contributed by atoms with Crippen LogP contribution in [-0.2, 0) is 0 Å². The maximum Gasteiger partial charge on any atom is 0.255 e. The molecule has 0 aliphatic carbocycles. The molecule has 1 heterocycles. The molecule has 1 atom stereocenters. The number of amides is 1. The third-order valence-corrected chi connectivity index (χ3v) is 3.55. The number of rotatable bonds is 4. The molecule has 0 saturated carbocycles. The molecule has 1 saturated heterocycles. The summed E-state index contributed by atoms with van der Waals surface area (Å²) >= 11 is 0. The molecule has 0 bridgehead atoms. The number of phenols is 2. The maximum atomic E-state index is 11.9. The van der Waals surface area contributed by atoms with E-state index in [2.05, 4.69) is 17.1 Å². The van der Waals surface area contributed by atoms with Crippen LogP contribution in [0.5, 0.6) is 11.5 Å². The Morgan fingerprint density at radius 2 is 2.05 bits per heavy atom. The first-order chi connectivity index (χ1) is 9.08. The van der Waals surface area contributed by atoms with Crippen LogP contribution in [0.1, 0.15) is 30.1 Å². The molecule has 0 radical (unpaired) electrons. The lowest BCUT2D eigenvalue weighted by atomic mass is 10.1. The predicted octanol–water partition coefficient (Wildman–Crippen LogP) is 1.31. The lowest BCUT2D eigenvalue weighted by Crippen LogP contribution is -2.40. The second kappa shape index (κ2) is 5.93. The minimum absolute atomic E-state index is 0.0560. The molecule has 1 aromatic rings. The molecular weight excluding hydrogens is 244 g/mol. The van der Waals surface area contributed by atoms with Crippen LogP contribution in [0.25, 0.3) is 0 Å². The number of phenolic OH excluding ortho intramolecular Hbond substituents is 2. The summed E-state index contributed by atoms with van der Waals surface area (Å²) in [6, 6.07) is 4.27. The average Bonchev–Trinajstić information content (AvgIpc) is 2.89. The molecule has 1 aliphatic rings. The van der Waals surface area contributed by atoms with Gasteiger partial charge in [-0.3, -0.25) is 9.69 Å². The fourth-order valence-corrected chi connectivity index (χ4v) is 2.36. The summed E-state index contributed by atoms with van der Waals surface area (Å²) < 4.78 is 0. The van der Waals surface area contributed by atoms with Crippen LogP contribution in [0.15, 0.2) is 18.2 Å². The van der Waals surface area contributed by atoms with E-state index < -0.39 is 0 Å². The molecular formula is C14H20N2O3. The van der Waals surface area contributed by atoms with Gasteiger partial charge in [-0.2, -0.15) is 0 Å². The summed E-state index contributed by atoms with van der Waals surface area (Å²) in [6.45, 7) is 4.81. The van der Waals surface area contributed by atoms with Gasteiger partial charge in [0.2, 0.25) is 0 Å². The Kier molecular flexibility index (Phi) is 4.27. The van der Waals surface area contributed by atoms with Crippen molar-refractivity contribution in [2.24, 2.45) is 0 Å². The molecule has 3 N–H and O–H groups in total. The van der Waals surface area contributed by atoms with E-state index in [9.17, 15) is 15.0 Å². The standard InChI is InChI=1S/C14H20N2O3/c1-10(16-6-2-3-7-16)9-15-14(19)12-5-4-11(17)8-13(12)18/h4-5,8,10,17-18H,2-3,6-7,9H2,1H3,(H,15,19). The van der Waals surface area contributed by atoms with Gasteiger partial charge in [0.15, 0.2) is 0 Å². The SMILES string of the molecule is CC(CNC(=O)c1ccc(O)cc1O)N1CCCC1. The minimum Gasteiger partial charge on any atom is -0.508 e. The summed E-state index contributed by atoms with van der Waals surface area (Å²) in [6.07, 6.45) is 2.44. The number of hydrogen-bond acceptors (Lipinski definition) is 4. The molecule has 5 nitrogen and oxygen atoms in total. The van der Waals surface area contributed by atoms with Crippen molar-refractivity contribution >= 4 is 5.91 Å². The van der Waals surface area contributed by atoms with Gasteiger partial charge in [0.1, 0.15) is 11.5 Å². The van der Waals surface area contributed by atoms with Gasteiger partial charge in [0, 0.05) is 18.7 Å². The molecule has 2 rings (SSSR count). The molecule has 1 amide bonds. The lowest BCUT2D eigenvalue weighted by Gasteiger charge is -2.23. The number of carbonyl (C=O) groups is 1. The molecule has 19 heavy (non-hydrogen) atoms. The molecule has 0 aromatic heterocycles. The van der Waals surface area contributed by atoms with E-state index in [4.69, 9.17) is 0 Å². The fourth-order valence-electron chi connectivity index (χ4n) is 2.36. The van der Waals surface area contributed by atoms with Crippen molar-refractivity contribution in [3.05, 3.63) is 23.8 Å². The highest BCUT2D eigenvalue weighted by molar-refractivity contribution is 5.96. The van der Waals surface area contributed by atoms with Crippen molar-refractivity contribution < 1.29 is 15.0 Å². The number of carbonyl (C=O) groups excluding carboxylic acids is 1. The van der Waals surface area contributed by atoms with E-state index in [0.29, 0.717) is 12.6 Å². The van der Waals surface area contributed by atoms with Crippen LogP contribution in [0.2, 0.25) is 0 Å². The molecule has 1 unspecified atom stereocenters. The molecule has 1 aromatic carbocycles. The normalized spacial score (nSPS) is 17.3. The van der Waals surface area contributed by atoms with Gasteiger partial charge in [-0.1, -0.05) is 0 Å². The number of hydrogen-bond donors (Lipinski definition) is 3. The first kappa shape index (κ1) is 13.7. The van der Waals surface area contributed by atoms with Crippen LogP contribution in [0.4, 0.5) is 0 Å². The van der Waals surface area contributed by atoms with Crippen molar-refractivity contribution in [3.63, 3.8) is 0 Å². The highest BCUT2D eigenvalue weighted by atomic mass is 16.3. The number of aromatic hydroxyl groups is 2. The second-order valence-corrected chi connectivity index (χ2v) is 5.00. The van der Waals surface area contributed by atoms with E-state index in [1.165, 1.54) is 31.0 Å². The highest BCUT2D eigenvalue weighted by Gasteiger charge is 2.19. The van der Waals surface area contributed by atoms with Crippen LogP contribution in [0.3, 0.4) is 0 Å². The van der Waals surface area contributed by atoms with Gasteiger partial charge in [-0.15, -0.1) is 0 Å². The Labute approximate surface area is 112 Å². The summed E-state index contributed by atoms with van der Waals surface area (Å²) in [7, 11) is 0. The van der Waals surface area contributed by atoms with E-state index >= 15 is 0 Å². The Morgan fingerprint density at radius 1 is 1.37 bits per heavy atom.